The molecular formula is C14H25N3. The summed E-state index contributed by atoms with van der Waals surface area (Å²) in [5.41, 5.74) is 2.41. The first-order valence-corrected chi connectivity index (χ1v) is 6.68. The zero-order valence-corrected chi connectivity index (χ0v) is 11.8. The molecule has 0 aliphatic rings. The van der Waals surface area contributed by atoms with Gasteiger partial charge in [-0.25, -0.2) is 9.97 Å². The van der Waals surface area contributed by atoms with E-state index >= 15 is 0 Å². The zero-order chi connectivity index (χ0) is 12.8. The summed E-state index contributed by atoms with van der Waals surface area (Å²) < 4.78 is 0. The fourth-order valence-electron chi connectivity index (χ4n) is 1.77. The first-order valence-electron chi connectivity index (χ1n) is 6.68. The van der Waals surface area contributed by atoms with Crippen molar-refractivity contribution < 1.29 is 0 Å². The van der Waals surface area contributed by atoms with E-state index in [1.54, 1.807) is 0 Å². The summed E-state index contributed by atoms with van der Waals surface area (Å²) in [7, 11) is 0. The van der Waals surface area contributed by atoms with E-state index in [4.69, 9.17) is 0 Å². The maximum atomic E-state index is 4.65. The molecule has 1 N–H and O–H groups in total. The van der Waals surface area contributed by atoms with Gasteiger partial charge in [0.2, 0.25) is 0 Å². The lowest BCUT2D eigenvalue weighted by Crippen LogP contribution is -2.11. The SMILES string of the molecule is CCCNc1nc(CC)nc(CC(C)C)c1C. The summed E-state index contributed by atoms with van der Waals surface area (Å²) in [6.45, 7) is 11.8. The van der Waals surface area contributed by atoms with E-state index in [1.807, 2.05) is 0 Å². The van der Waals surface area contributed by atoms with E-state index in [1.165, 1.54) is 11.3 Å². The van der Waals surface area contributed by atoms with Gasteiger partial charge in [0.05, 0.1) is 0 Å². The summed E-state index contributed by atoms with van der Waals surface area (Å²) in [5.74, 6) is 2.60. The van der Waals surface area contributed by atoms with Crippen molar-refractivity contribution in [3.63, 3.8) is 0 Å². The molecule has 0 aliphatic heterocycles. The highest BCUT2D eigenvalue weighted by atomic mass is 15.0. The fourth-order valence-corrected chi connectivity index (χ4v) is 1.77. The summed E-state index contributed by atoms with van der Waals surface area (Å²) in [6.07, 6.45) is 3.04. The van der Waals surface area contributed by atoms with Crippen LogP contribution in [0.15, 0.2) is 0 Å². The lowest BCUT2D eigenvalue weighted by Gasteiger charge is -2.14. The Hall–Kier alpha value is -1.12. The van der Waals surface area contributed by atoms with Crippen molar-refractivity contribution in [2.45, 2.75) is 53.9 Å². The average molecular weight is 235 g/mol. The van der Waals surface area contributed by atoms with Crippen LogP contribution in [0, 0.1) is 12.8 Å². The predicted molar refractivity (Wildman–Crippen MR) is 73.5 cm³/mol. The average Bonchev–Trinajstić information content (AvgIpc) is 2.29. The van der Waals surface area contributed by atoms with E-state index < -0.39 is 0 Å². The molecule has 0 saturated heterocycles. The number of nitrogens with one attached hydrogen (secondary N) is 1. The Morgan fingerprint density at radius 2 is 1.88 bits per heavy atom. The van der Waals surface area contributed by atoms with Crippen LogP contribution in [0.5, 0.6) is 0 Å². The van der Waals surface area contributed by atoms with Crippen LogP contribution in [0.1, 0.15) is 51.2 Å². The molecule has 0 aliphatic carbocycles. The Morgan fingerprint density at radius 3 is 2.41 bits per heavy atom. The molecule has 1 aromatic rings. The topological polar surface area (TPSA) is 37.8 Å². The normalized spacial score (nSPS) is 10.9. The van der Waals surface area contributed by atoms with Gasteiger partial charge in [-0.05, 0) is 25.7 Å². The molecule has 0 amide bonds. The number of anilines is 1. The van der Waals surface area contributed by atoms with Crippen LogP contribution in [-0.2, 0) is 12.8 Å². The van der Waals surface area contributed by atoms with Gasteiger partial charge in [-0.1, -0.05) is 27.7 Å². The van der Waals surface area contributed by atoms with Gasteiger partial charge < -0.3 is 5.32 Å². The number of hydrogen-bond donors (Lipinski definition) is 1. The monoisotopic (exact) mass is 235 g/mol. The maximum absolute atomic E-state index is 4.65. The zero-order valence-electron chi connectivity index (χ0n) is 11.8. The molecule has 0 fully saturated rings. The minimum Gasteiger partial charge on any atom is -0.370 e. The van der Waals surface area contributed by atoms with Crippen molar-refractivity contribution in [1.82, 2.24) is 9.97 Å². The molecular weight excluding hydrogens is 210 g/mol. The molecule has 0 radical (unpaired) electrons. The maximum Gasteiger partial charge on any atom is 0.132 e. The van der Waals surface area contributed by atoms with Crippen molar-refractivity contribution >= 4 is 5.82 Å². The Kier molecular flexibility index (Phi) is 5.39. The highest BCUT2D eigenvalue weighted by Crippen LogP contribution is 2.18. The molecule has 0 spiro atoms. The van der Waals surface area contributed by atoms with Crippen molar-refractivity contribution in [3.05, 3.63) is 17.1 Å². The van der Waals surface area contributed by atoms with E-state index in [0.29, 0.717) is 5.92 Å². The summed E-state index contributed by atoms with van der Waals surface area (Å²) in [4.78, 5) is 9.22. The van der Waals surface area contributed by atoms with Gasteiger partial charge in [-0.15, -0.1) is 0 Å². The van der Waals surface area contributed by atoms with Gasteiger partial charge in [0.1, 0.15) is 11.6 Å². The first-order chi connectivity index (χ1) is 8.08. The third kappa shape index (κ3) is 3.99. The van der Waals surface area contributed by atoms with Crippen LogP contribution in [0.3, 0.4) is 0 Å². The summed E-state index contributed by atoms with van der Waals surface area (Å²) >= 11 is 0. The van der Waals surface area contributed by atoms with Crippen molar-refractivity contribution in [2.75, 3.05) is 11.9 Å². The van der Waals surface area contributed by atoms with Crippen molar-refractivity contribution in [2.24, 2.45) is 5.92 Å². The second-order valence-electron chi connectivity index (χ2n) is 4.94. The van der Waals surface area contributed by atoms with Crippen molar-refractivity contribution in [1.29, 1.82) is 0 Å². The van der Waals surface area contributed by atoms with Crippen LogP contribution in [0.4, 0.5) is 5.82 Å². The second kappa shape index (κ2) is 6.58. The Labute approximate surface area is 105 Å². The first kappa shape index (κ1) is 13.9. The fraction of sp³-hybridized carbons (Fsp3) is 0.714. The lowest BCUT2D eigenvalue weighted by atomic mass is 10.0. The smallest absolute Gasteiger partial charge is 0.132 e. The van der Waals surface area contributed by atoms with Crippen LogP contribution in [-0.4, -0.2) is 16.5 Å². The number of rotatable bonds is 6. The number of nitrogens with zero attached hydrogens (tertiary/aromatic N) is 2. The molecule has 0 unspecified atom stereocenters. The molecule has 0 bridgehead atoms. The Balaban J connectivity index is 3.02. The predicted octanol–water partition coefficient (Wildman–Crippen LogP) is 3.37. The lowest BCUT2D eigenvalue weighted by molar-refractivity contribution is 0.627. The number of aryl methyl sites for hydroxylation is 1. The van der Waals surface area contributed by atoms with Gasteiger partial charge in [0, 0.05) is 24.2 Å². The molecule has 17 heavy (non-hydrogen) atoms. The summed E-state index contributed by atoms with van der Waals surface area (Å²) in [5, 5.41) is 3.40. The van der Waals surface area contributed by atoms with Gasteiger partial charge in [0.15, 0.2) is 0 Å². The molecule has 0 saturated carbocycles. The third-order valence-corrected chi connectivity index (χ3v) is 2.75. The largest absolute Gasteiger partial charge is 0.370 e. The van der Waals surface area contributed by atoms with Crippen molar-refractivity contribution in [3.8, 4) is 0 Å². The van der Waals surface area contributed by atoms with Crippen LogP contribution >= 0.6 is 0 Å². The molecule has 1 heterocycles. The molecule has 3 nitrogen and oxygen atoms in total. The minimum absolute atomic E-state index is 0.632. The summed E-state index contributed by atoms with van der Waals surface area (Å²) in [6, 6.07) is 0. The van der Waals surface area contributed by atoms with Gasteiger partial charge in [0.25, 0.3) is 0 Å². The van der Waals surface area contributed by atoms with Crippen LogP contribution in [0.25, 0.3) is 0 Å². The Morgan fingerprint density at radius 1 is 1.18 bits per heavy atom. The molecule has 1 aromatic heterocycles. The van der Waals surface area contributed by atoms with E-state index in [-0.39, 0.29) is 0 Å². The standard InChI is InChI=1S/C14H25N3/c1-6-8-15-14-11(5)12(9-10(3)4)16-13(7-2)17-14/h10H,6-9H2,1-5H3,(H,15,16,17). The Bertz CT molecular complexity index is 359. The van der Waals surface area contributed by atoms with E-state index in [0.717, 1.165) is 37.4 Å². The number of aromatic nitrogens is 2. The minimum atomic E-state index is 0.632. The third-order valence-electron chi connectivity index (χ3n) is 2.75. The molecule has 96 valence electrons. The number of hydrogen-bond acceptors (Lipinski definition) is 3. The van der Waals surface area contributed by atoms with Gasteiger partial charge in [-0.2, -0.15) is 0 Å². The van der Waals surface area contributed by atoms with Crippen LogP contribution < -0.4 is 5.32 Å². The van der Waals surface area contributed by atoms with Gasteiger partial charge in [-0.3, -0.25) is 0 Å². The van der Waals surface area contributed by atoms with E-state index in [9.17, 15) is 0 Å². The molecule has 0 atom stereocenters. The van der Waals surface area contributed by atoms with Crippen LogP contribution in [0.2, 0.25) is 0 Å². The van der Waals surface area contributed by atoms with E-state index in [2.05, 4.69) is 49.9 Å². The molecule has 1 rings (SSSR count). The molecule has 0 aromatic carbocycles. The highest BCUT2D eigenvalue weighted by Gasteiger charge is 2.10. The highest BCUT2D eigenvalue weighted by molar-refractivity contribution is 5.46. The second-order valence-corrected chi connectivity index (χ2v) is 4.94. The van der Waals surface area contributed by atoms with Gasteiger partial charge >= 0.3 is 0 Å². The quantitative estimate of drug-likeness (QED) is 0.821. The molecule has 3 heteroatoms.